The van der Waals surface area contributed by atoms with E-state index in [4.69, 9.17) is 0 Å². The van der Waals surface area contributed by atoms with Crippen LogP contribution in [0.4, 0.5) is 13.2 Å². The van der Waals surface area contributed by atoms with Crippen LogP contribution in [0.15, 0.2) is 24.3 Å². The number of nitrogens with one attached hydrogen (secondary N) is 1. The van der Waals surface area contributed by atoms with Gasteiger partial charge >= 0.3 is 6.18 Å². The fraction of sp³-hybridized carbons (Fsp3) is 0.625. The fourth-order valence-electron chi connectivity index (χ4n) is 3.72. The van der Waals surface area contributed by atoms with Gasteiger partial charge in [0.25, 0.3) is 0 Å². The summed E-state index contributed by atoms with van der Waals surface area (Å²) in [7, 11) is 0. The van der Waals surface area contributed by atoms with E-state index in [2.05, 4.69) is 5.32 Å². The number of hydrogen-bond acceptors (Lipinski definition) is 1. The van der Waals surface area contributed by atoms with Crippen LogP contribution in [-0.4, -0.2) is 6.54 Å². The van der Waals surface area contributed by atoms with Gasteiger partial charge in [0, 0.05) is 6.04 Å². The molecule has 4 heteroatoms. The molecule has 2 aliphatic rings. The lowest BCUT2D eigenvalue weighted by Gasteiger charge is -2.26. The monoisotopic (exact) mass is 283 g/mol. The minimum Gasteiger partial charge on any atom is -0.310 e. The largest absolute Gasteiger partial charge is 0.416 e. The molecule has 0 aliphatic heterocycles. The lowest BCUT2D eigenvalue weighted by atomic mass is 9.88. The highest BCUT2D eigenvalue weighted by Crippen LogP contribution is 2.57. The molecule has 0 spiro atoms. The Labute approximate surface area is 117 Å². The van der Waals surface area contributed by atoms with Crippen LogP contribution in [0, 0.1) is 17.8 Å². The first-order valence-electron chi connectivity index (χ1n) is 7.39. The van der Waals surface area contributed by atoms with Gasteiger partial charge in [-0.05, 0) is 61.3 Å². The quantitative estimate of drug-likeness (QED) is 0.863. The highest BCUT2D eigenvalue weighted by atomic mass is 19.4. The third-order valence-electron chi connectivity index (χ3n) is 4.75. The first-order chi connectivity index (χ1) is 9.49. The van der Waals surface area contributed by atoms with Crippen molar-refractivity contribution in [2.24, 2.45) is 17.8 Å². The predicted octanol–water partition coefficient (Wildman–Crippen LogP) is 4.40. The topological polar surface area (TPSA) is 12.0 Å². The van der Waals surface area contributed by atoms with E-state index < -0.39 is 11.7 Å². The minimum atomic E-state index is -4.26. The molecule has 0 aromatic heterocycles. The lowest BCUT2D eigenvalue weighted by molar-refractivity contribution is -0.137. The van der Waals surface area contributed by atoms with Crippen molar-refractivity contribution in [2.75, 3.05) is 6.54 Å². The number of fused-ring (bicyclic) bond motifs is 1. The molecule has 3 atom stereocenters. The third kappa shape index (κ3) is 2.71. The van der Waals surface area contributed by atoms with E-state index in [1.165, 1.54) is 31.4 Å². The molecule has 2 saturated carbocycles. The zero-order valence-electron chi connectivity index (χ0n) is 11.6. The Morgan fingerprint density at radius 3 is 2.50 bits per heavy atom. The number of halogens is 3. The average Bonchev–Trinajstić information content (AvgIpc) is 3.02. The summed E-state index contributed by atoms with van der Waals surface area (Å²) in [5, 5.41) is 3.39. The molecule has 0 saturated heterocycles. The molecule has 0 amide bonds. The van der Waals surface area contributed by atoms with Crippen LogP contribution in [0.1, 0.15) is 43.4 Å². The van der Waals surface area contributed by atoms with Crippen molar-refractivity contribution < 1.29 is 13.2 Å². The zero-order chi connectivity index (χ0) is 14.3. The van der Waals surface area contributed by atoms with E-state index in [1.54, 1.807) is 0 Å². The van der Waals surface area contributed by atoms with Gasteiger partial charge in [0.2, 0.25) is 0 Å². The molecular weight excluding hydrogens is 263 g/mol. The summed E-state index contributed by atoms with van der Waals surface area (Å²) in [6.07, 6.45) is -0.598. The summed E-state index contributed by atoms with van der Waals surface area (Å²) in [4.78, 5) is 0. The third-order valence-corrected chi connectivity index (χ3v) is 4.75. The van der Waals surface area contributed by atoms with Crippen molar-refractivity contribution in [3.8, 4) is 0 Å². The summed E-state index contributed by atoms with van der Waals surface area (Å²) >= 11 is 0. The lowest BCUT2D eigenvalue weighted by Crippen LogP contribution is -2.28. The Bertz CT molecular complexity index is 473. The Kier molecular flexibility index (Phi) is 3.53. The summed E-state index contributed by atoms with van der Waals surface area (Å²) < 4.78 is 38.5. The summed E-state index contributed by atoms with van der Waals surface area (Å²) in [6, 6.07) is 5.88. The number of alkyl halides is 3. The zero-order valence-corrected chi connectivity index (χ0v) is 11.6. The van der Waals surface area contributed by atoms with Gasteiger partial charge < -0.3 is 5.32 Å². The molecule has 3 rings (SSSR count). The van der Waals surface area contributed by atoms with Crippen LogP contribution in [0.5, 0.6) is 0 Å². The van der Waals surface area contributed by atoms with Crippen molar-refractivity contribution in [3.05, 3.63) is 35.4 Å². The molecule has 2 aliphatic carbocycles. The Morgan fingerprint density at radius 1 is 1.20 bits per heavy atom. The smallest absolute Gasteiger partial charge is 0.310 e. The molecule has 1 nitrogen and oxygen atoms in total. The molecule has 1 aromatic rings. The first kappa shape index (κ1) is 13.9. The Morgan fingerprint density at radius 2 is 1.90 bits per heavy atom. The maximum absolute atomic E-state index is 12.8. The number of benzene rings is 1. The van der Waals surface area contributed by atoms with Crippen LogP contribution in [0.25, 0.3) is 0 Å². The molecule has 1 N–H and O–H groups in total. The van der Waals surface area contributed by atoms with Crippen LogP contribution in [-0.2, 0) is 6.18 Å². The van der Waals surface area contributed by atoms with Crippen molar-refractivity contribution in [2.45, 2.75) is 38.4 Å². The van der Waals surface area contributed by atoms with Gasteiger partial charge in [-0.3, -0.25) is 0 Å². The molecule has 110 valence electrons. The predicted molar refractivity (Wildman–Crippen MR) is 72.2 cm³/mol. The van der Waals surface area contributed by atoms with Crippen molar-refractivity contribution in [1.29, 1.82) is 0 Å². The second-order valence-electron chi connectivity index (χ2n) is 6.15. The molecule has 3 unspecified atom stereocenters. The summed E-state index contributed by atoms with van der Waals surface area (Å²) in [5.74, 6) is 2.17. The van der Waals surface area contributed by atoms with Crippen molar-refractivity contribution in [3.63, 3.8) is 0 Å². The number of rotatable bonds is 4. The first-order valence-corrected chi connectivity index (χ1v) is 7.39. The number of hydrogen-bond donors (Lipinski definition) is 1. The van der Waals surface area contributed by atoms with Crippen LogP contribution in [0.2, 0.25) is 0 Å². The van der Waals surface area contributed by atoms with E-state index >= 15 is 0 Å². The Balaban J connectivity index is 1.83. The summed E-state index contributed by atoms with van der Waals surface area (Å²) in [6.45, 7) is 2.79. The standard InChI is InChI=1S/C16H20F3N/c1-2-20-15(13-7-11-6-12(11)8-13)10-4-3-5-14(9-10)16(17,18)19/h3-5,9,11-13,15,20H,2,6-8H2,1H3. The van der Waals surface area contributed by atoms with E-state index in [1.807, 2.05) is 13.0 Å². The van der Waals surface area contributed by atoms with Crippen molar-refractivity contribution in [1.82, 2.24) is 5.32 Å². The molecular formula is C16H20F3N. The molecule has 2 fully saturated rings. The van der Waals surface area contributed by atoms with E-state index in [9.17, 15) is 13.2 Å². The van der Waals surface area contributed by atoms with Gasteiger partial charge in [-0.2, -0.15) is 13.2 Å². The van der Waals surface area contributed by atoms with Crippen LogP contribution in [0.3, 0.4) is 0 Å². The minimum absolute atomic E-state index is 0.0649. The highest BCUT2D eigenvalue weighted by Gasteiger charge is 2.48. The molecule has 1 aromatic carbocycles. The van der Waals surface area contributed by atoms with E-state index in [0.717, 1.165) is 30.0 Å². The Hall–Kier alpha value is -1.03. The van der Waals surface area contributed by atoms with Crippen LogP contribution < -0.4 is 5.32 Å². The van der Waals surface area contributed by atoms with Gasteiger partial charge in [0.15, 0.2) is 0 Å². The molecule has 0 heterocycles. The normalized spacial score (nSPS) is 30.1. The van der Waals surface area contributed by atoms with Crippen LogP contribution >= 0.6 is 0 Å². The van der Waals surface area contributed by atoms with Gasteiger partial charge in [-0.1, -0.05) is 19.1 Å². The second-order valence-corrected chi connectivity index (χ2v) is 6.15. The molecule has 20 heavy (non-hydrogen) atoms. The fourth-order valence-corrected chi connectivity index (χ4v) is 3.72. The van der Waals surface area contributed by atoms with Gasteiger partial charge in [0.1, 0.15) is 0 Å². The SMILES string of the molecule is CCNC(c1cccc(C(F)(F)F)c1)C1CC2CC2C1. The molecule has 0 radical (unpaired) electrons. The second kappa shape index (κ2) is 5.06. The summed E-state index contributed by atoms with van der Waals surface area (Å²) in [5.41, 5.74) is 0.244. The van der Waals surface area contributed by atoms with Gasteiger partial charge in [-0.15, -0.1) is 0 Å². The highest BCUT2D eigenvalue weighted by molar-refractivity contribution is 5.29. The van der Waals surface area contributed by atoms with E-state index in [0.29, 0.717) is 5.92 Å². The van der Waals surface area contributed by atoms with Gasteiger partial charge in [-0.25, -0.2) is 0 Å². The van der Waals surface area contributed by atoms with Crippen molar-refractivity contribution >= 4 is 0 Å². The molecule has 0 bridgehead atoms. The maximum Gasteiger partial charge on any atom is 0.416 e. The van der Waals surface area contributed by atoms with E-state index in [-0.39, 0.29) is 6.04 Å². The average molecular weight is 283 g/mol. The maximum atomic E-state index is 12.8. The van der Waals surface area contributed by atoms with Gasteiger partial charge in [0.05, 0.1) is 5.56 Å².